The molecule has 0 fully saturated rings. The maximum absolute atomic E-state index is 6.46. The molecule has 0 bridgehead atoms. The predicted molar refractivity (Wildman–Crippen MR) is 203 cm³/mol. The summed E-state index contributed by atoms with van der Waals surface area (Å²) in [5.41, 5.74) is 7.99. The minimum atomic E-state index is 0.442. The van der Waals surface area contributed by atoms with E-state index >= 15 is 0 Å². The Balaban J connectivity index is 1.19. The molecular weight excluding hydrogens is 603 g/mol. The van der Waals surface area contributed by atoms with Crippen LogP contribution in [0.25, 0.3) is 65.8 Å². The molecule has 5 heteroatoms. The van der Waals surface area contributed by atoms with E-state index in [1.165, 1.54) is 10.8 Å². The second kappa shape index (κ2) is 11.9. The largest absolute Gasteiger partial charge is 0.456 e. The standard InChI is InChI=1S/C44H29N3O2/c1-45-43(47-44(46-27-28-11-3-2-4-12-28)37-18-9-16-34-33-15-7-8-19-38(33)49-42(34)37)36-17-10-20-39-41(36)35-24-23-32(26-40(35)48-39)31-22-21-29-13-5-6-14-30(29)25-31/h2-26H,1,27H2/b46-44-,47-43-. The Kier molecular flexibility index (Phi) is 6.95. The van der Waals surface area contributed by atoms with Gasteiger partial charge in [-0.05, 0) is 70.6 Å². The molecule has 0 radical (unpaired) electrons. The Morgan fingerprint density at radius 3 is 2.12 bits per heavy atom. The lowest BCUT2D eigenvalue weighted by molar-refractivity contribution is 0.668. The van der Waals surface area contributed by atoms with Crippen molar-refractivity contribution < 1.29 is 8.83 Å². The molecule has 0 N–H and O–H groups in total. The van der Waals surface area contributed by atoms with E-state index in [0.29, 0.717) is 18.2 Å². The second-order valence-corrected chi connectivity index (χ2v) is 12.1. The van der Waals surface area contributed by atoms with Crippen LogP contribution in [-0.4, -0.2) is 18.4 Å². The lowest BCUT2D eigenvalue weighted by Gasteiger charge is -2.08. The van der Waals surface area contributed by atoms with Gasteiger partial charge in [0.1, 0.15) is 22.3 Å². The Labute approximate surface area is 282 Å². The van der Waals surface area contributed by atoms with Crippen LogP contribution in [0.1, 0.15) is 16.7 Å². The van der Waals surface area contributed by atoms with Crippen LogP contribution in [0.4, 0.5) is 0 Å². The van der Waals surface area contributed by atoms with E-state index in [1.54, 1.807) is 0 Å². The first-order valence-electron chi connectivity index (χ1n) is 16.2. The summed E-state index contributed by atoms with van der Waals surface area (Å²) in [5.74, 6) is 0.964. The highest BCUT2D eigenvalue weighted by molar-refractivity contribution is 6.24. The van der Waals surface area contributed by atoms with Crippen molar-refractivity contribution in [3.63, 3.8) is 0 Å². The number of benzene rings is 7. The third-order valence-electron chi connectivity index (χ3n) is 9.08. The minimum Gasteiger partial charge on any atom is -0.456 e. The zero-order valence-corrected chi connectivity index (χ0v) is 26.5. The van der Waals surface area contributed by atoms with Crippen molar-refractivity contribution in [2.24, 2.45) is 15.0 Å². The maximum atomic E-state index is 6.46. The van der Waals surface area contributed by atoms with Crippen molar-refractivity contribution >= 4 is 73.0 Å². The van der Waals surface area contributed by atoms with E-state index in [0.717, 1.165) is 71.7 Å². The van der Waals surface area contributed by atoms with E-state index in [9.17, 15) is 0 Å². The summed E-state index contributed by atoms with van der Waals surface area (Å²) in [6.07, 6.45) is 0. The van der Waals surface area contributed by atoms with Crippen LogP contribution in [-0.2, 0) is 6.54 Å². The molecule has 0 saturated heterocycles. The van der Waals surface area contributed by atoms with Gasteiger partial charge in [0.05, 0.1) is 12.1 Å². The fourth-order valence-corrected chi connectivity index (χ4v) is 6.70. The summed E-state index contributed by atoms with van der Waals surface area (Å²) in [6.45, 7) is 4.40. The highest BCUT2D eigenvalue weighted by atomic mass is 16.3. The van der Waals surface area contributed by atoms with Gasteiger partial charge in [-0.2, -0.15) is 0 Å². The second-order valence-electron chi connectivity index (χ2n) is 12.1. The molecule has 0 aliphatic carbocycles. The number of para-hydroxylation sites is 2. The van der Waals surface area contributed by atoms with Gasteiger partial charge in [-0.3, -0.25) is 4.99 Å². The van der Waals surface area contributed by atoms with Gasteiger partial charge in [0.25, 0.3) is 0 Å². The van der Waals surface area contributed by atoms with Gasteiger partial charge in [-0.1, -0.05) is 115 Å². The summed E-state index contributed by atoms with van der Waals surface area (Å²) in [4.78, 5) is 14.7. The molecule has 2 aromatic heterocycles. The fraction of sp³-hybridized carbons (Fsp3) is 0.0227. The van der Waals surface area contributed by atoms with E-state index in [2.05, 4.69) is 96.6 Å². The third-order valence-corrected chi connectivity index (χ3v) is 9.08. The zero-order valence-electron chi connectivity index (χ0n) is 26.5. The molecule has 9 aromatic rings. The van der Waals surface area contributed by atoms with Crippen LogP contribution < -0.4 is 0 Å². The molecule has 49 heavy (non-hydrogen) atoms. The summed E-state index contributed by atoms with van der Waals surface area (Å²) < 4.78 is 12.9. The molecule has 0 amide bonds. The normalized spacial score (nSPS) is 12.5. The number of aliphatic imine (C=N–C) groups is 3. The van der Waals surface area contributed by atoms with Gasteiger partial charge in [-0.15, -0.1) is 0 Å². The van der Waals surface area contributed by atoms with Crippen LogP contribution in [0.2, 0.25) is 0 Å². The van der Waals surface area contributed by atoms with Crippen LogP contribution >= 0.6 is 0 Å². The average Bonchev–Trinajstić information content (AvgIpc) is 3.73. The number of fused-ring (bicyclic) bond motifs is 7. The number of hydrogen-bond donors (Lipinski definition) is 0. The van der Waals surface area contributed by atoms with Gasteiger partial charge >= 0.3 is 0 Å². The summed E-state index contributed by atoms with van der Waals surface area (Å²) >= 11 is 0. The Morgan fingerprint density at radius 2 is 1.22 bits per heavy atom. The van der Waals surface area contributed by atoms with Gasteiger partial charge in [0.2, 0.25) is 0 Å². The van der Waals surface area contributed by atoms with E-state index in [-0.39, 0.29) is 0 Å². The molecule has 0 saturated carbocycles. The number of amidine groups is 2. The quantitative estimate of drug-likeness (QED) is 0.140. The number of furan rings is 2. The van der Waals surface area contributed by atoms with Crippen molar-refractivity contribution in [3.05, 3.63) is 168 Å². The molecule has 9 rings (SSSR count). The first-order chi connectivity index (χ1) is 24.2. The molecule has 7 aromatic carbocycles. The molecule has 232 valence electrons. The molecule has 2 heterocycles. The van der Waals surface area contributed by atoms with Crippen molar-refractivity contribution in [1.29, 1.82) is 0 Å². The molecule has 0 atom stereocenters. The van der Waals surface area contributed by atoms with E-state index in [1.807, 2.05) is 66.7 Å². The summed E-state index contributed by atoms with van der Waals surface area (Å²) in [5, 5.41) is 6.38. The molecule has 5 nitrogen and oxygen atoms in total. The van der Waals surface area contributed by atoms with Gasteiger partial charge in [-0.25, -0.2) is 9.98 Å². The van der Waals surface area contributed by atoms with Crippen molar-refractivity contribution in [2.45, 2.75) is 6.54 Å². The van der Waals surface area contributed by atoms with Gasteiger partial charge in [0, 0.05) is 27.1 Å². The predicted octanol–water partition coefficient (Wildman–Crippen LogP) is 11.4. The molecular formula is C44H29N3O2. The molecule has 0 aliphatic rings. The lowest BCUT2D eigenvalue weighted by Crippen LogP contribution is -2.06. The number of rotatable bonds is 5. The monoisotopic (exact) mass is 631 g/mol. The summed E-state index contributed by atoms with van der Waals surface area (Å²) in [7, 11) is 0. The maximum Gasteiger partial charge on any atom is 0.161 e. The first kappa shape index (κ1) is 28.6. The Bertz CT molecular complexity index is 2770. The third kappa shape index (κ3) is 5.09. The fourth-order valence-electron chi connectivity index (χ4n) is 6.70. The highest BCUT2D eigenvalue weighted by Crippen LogP contribution is 2.36. The first-order valence-corrected chi connectivity index (χ1v) is 16.2. The van der Waals surface area contributed by atoms with E-state index in [4.69, 9.17) is 18.8 Å². The van der Waals surface area contributed by atoms with Gasteiger partial charge in [0.15, 0.2) is 11.7 Å². The van der Waals surface area contributed by atoms with Crippen LogP contribution in [0.3, 0.4) is 0 Å². The van der Waals surface area contributed by atoms with Crippen molar-refractivity contribution in [1.82, 2.24) is 0 Å². The van der Waals surface area contributed by atoms with Crippen LogP contribution in [0.5, 0.6) is 0 Å². The van der Waals surface area contributed by atoms with Gasteiger partial charge < -0.3 is 8.83 Å². The average molecular weight is 632 g/mol. The molecule has 0 unspecified atom stereocenters. The Morgan fingerprint density at radius 1 is 0.510 bits per heavy atom. The number of nitrogens with zero attached hydrogens (tertiary/aromatic N) is 3. The van der Waals surface area contributed by atoms with Crippen LogP contribution in [0.15, 0.2) is 175 Å². The number of hydrogen-bond acceptors (Lipinski definition) is 3. The molecule has 0 aliphatic heterocycles. The topological polar surface area (TPSA) is 63.4 Å². The smallest absolute Gasteiger partial charge is 0.161 e. The van der Waals surface area contributed by atoms with Crippen molar-refractivity contribution in [3.8, 4) is 11.1 Å². The highest BCUT2D eigenvalue weighted by Gasteiger charge is 2.19. The van der Waals surface area contributed by atoms with Crippen molar-refractivity contribution in [2.75, 3.05) is 0 Å². The lowest BCUT2D eigenvalue weighted by atomic mass is 9.99. The zero-order chi connectivity index (χ0) is 32.7. The Hall–Kier alpha value is -6.59. The summed E-state index contributed by atoms with van der Waals surface area (Å²) in [6, 6.07) is 51.6. The minimum absolute atomic E-state index is 0.442. The SMILES string of the molecule is C=N/C(=N\C(=N/Cc1ccccc1)c1cccc2c1oc1ccccc12)c1cccc2oc3cc(-c4ccc5ccccc5c4)ccc3c12. The van der Waals surface area contributed by atoms with E-state index < -0.39 is 0 Å². The van der Waals surface area contributed by atoms with Crippen LogP contribution in [0, 0.1) is 0 Å². The molecule has 0 spiro atoms.